The highest BCUT2D eigenvalue weighted by Crippen LogP contribution is 2.15. The first-order chi connectivity index (χ1) is 7.69. The summed E-state index contributed by atoms with van der Waals surface area (Å²) in [6.45, 7) is 2.07. The summed E-state index contributed by atoms with van der Waals surface area (Å²) in [6, 6.07) is 4.11. The Bertz CT molecular complexity index is 311. The quantitative estimate of drug-likeness (QED) is 0.827. The minimum absolute atomic E-state index is 0.108. The van der Waals surface area contributed by atoms with E-state index in [4.69, 9.17) is 0 Å². The Morgan fingerprint density at radius 3 is 2.44 bits per heavy atom. The van der Waals surface area contributed by atoms with Crippen LogP contribution < -0.4 is 5.32 Å². The molecule has 0 aliphatic rings. The van der Waals surface area contributed by atoms with Gasteiger partial charge in [-0.15, -0.1) is 0 Å². The van der Waals surface area contributed by atoms with Gasteiger partial charge in [-0.25, -0.2) is 8.78 Å². The summed E-state index contributed by atoms with van der Waals surface area (Å²) < 4.78 is 26.8. The van der Waals surface area contributed by atoms with Crippen molar-refractivity contribution in [2.45, 2.75) is 19.4 Å². The molecule has 1 unspecified atom stereocenters. The van der Waals surface area contributed by atoms with Crippen molar-refractivity contribution in [3.63, 3.8) is 0 Å². The van der Waals surface area contributed by atoms with Crippen molar-refractivity contribution in [2.75, 3.05) is 18.6 Å². The highest BCUT2D eigenvalue weighted by molar-refractivity contribution is 7.99. The lowest BCUT2D eigenvalue weighted by atomic mass is 10.1. The topological polar surface area (TPSA) is 12.0 Å². The van der Waals surface area contributed by atoms with E-state index in [-0.39, 0.29) is 11.6 Å². The maximum atomic E-state index is 13.4. The van der Waals surface area contributed by atoms with E-state index in [1.165, 1.54) is 18.2 Å². The number of hydrogen-bond acceptors (Lipinski definition) is 2. The predicted molar refractivity (Wildman–Crippen MR) is 65.9 cm³/mol. The third-order valence-electron chi connectivity index (χ3n) is 2.44. The summed E-state index contributed by atoms with van der Waals surface area (Å²) >= 11 is 1.76. The van der Waals surface area contributed by atoms with Gasteiger partial charge in [-0.05, 0) is 31.4 Å². The minimum atomic E-state index is -0.457. The fourth-order valence-corrected chi connectivity index (χ4v) is 2.28. The Morgan fingerprint density at radius 2 is 1.94 bits per heavy atom. The van der Waals surface area contributed by atoms with E-state index in [2.05, 4.69) is 12.2 Å². The average Bonchev–Trinajstić information content (AvgIpc) is 2.28. The lowest BCUT2D eigenvalue weighted by Gasteiger charge is -2.16. The molecule has 0 fully saturated rings. The summed E-state index contributed by atoms with van der Waals surface area (Å²) in [5, 5.41) is 3.09. The van der Waals surface area contributed by atoms with Gasteiger partial charge in [-0.2, -0.15) is 11.8 Å². The van der Waals surface area contributed by atoms with E-state index in [1.54, 1.807) is 11.8 Å². The number of nitrogens with one attached hydrogen (secondary N) is 1. The minimum Gasteiger partial charge on any atom is -0.316 e. The fraction of sp³-hybridized carbons (Fsp3) is 0.500. The van der Waals surface area contributed by atoms with Crippen molar-refractivity contribution in [1.82, 2.24) is 5.32 Å². The summed E-state index contributed by atoms with van der Waals surface area (Å²) in [6.07, 6.45) is 0.391. The zero-order valence-corrected chi connectivity index (χ0v) is 10.4. The molecule has 0 bridgehead atoms. The van der Waals surface area contributed by atoms with Gasteiger partial charge in [0.05, 0.1) is 0 Å². The molecule has 1 atom stereocenters. The number of benzene rings is 1. The molecule has 1 rings (SSSR count). The lowest BCUT2D eigenvalue weighted by Crippen LogP contribution is -2.30. The molecule has 1 nitrogen and oxygen atoms in total. The van der Waals surface area contributed by atoms with Crippen molar-refractivity contribution >= 4 is 11.8 Å². The average molecular weight is 245 g/mol. The highest BCUT2D eigenvalue weighted by Gasteiger charge is 2.14. The Morgan fingerprint density at radius 1 is 1.31 bits per heavy atom. The predicted octanol–water partition coefficient (Wildman–Crippen LogP) is 2.85. The van der Waals surface area contributed by atoms with Gasteiger partial charge < -0.3 is 5.32 Å². The van der Waals surface area contributed by atoms with E-state index in [1.807, 2.05) is 7.05 Å². The molecule has 0 aromatic heterocycles. The van der Waals surface area contributed by atoms with Gasteiger partial charge in [0.1, 0.15) is 11.6 Å². The van der Waals surface area contributed by atoms with E-state index in [0.29, 0.717) is 6.42 Å². The fourth-order valence-electron chi connectivity index (χ4n) is 1.48. The monoisotopic (exact) mass is 245 g/mol. The van der Waals surface area contributed by atoms with E-state index in [0.717, 1.165) is 11.5 Å². The van der Waals surface area contributed by atoms with Gasteiger partial charge in [-0.1, -0.05) is 13.0 Å². The van der Waals surface area contributed by atoms with Crippen molar-refractivity contribution in [2.24, 2.45) is 0 Å². The molecule has 0 saturated carbocycles. The molecule has 1 aromatic carbocycles. The maximum Gasteiger partial charge on any atom is 0.129 e. The number of hydrogen-bond donors (Lipinski definition) is 1. The SMILES string of the molecule is CCSCC(Cc1c(F)cccc1F)NC. The largest absolute Gasteiger partial charge is 0.316 e. The van der Waals surface area contributed by atoms with Crippen LogP contribution in [0.4, 0.5) is 8.78 Å². The third-order valence-corrected chi connectivity index (χ3v) is 3.49. The Hall–Kier alpha value is -0.610. The van der Waals surface area contributed by atoms with Gasteiger partial charge in [0.2, 0.25) is 0 Å². The number of likely N-dealkylation sites (N-methyl/N-ethyl adjacent to an activating group) is 1. The molecule has 0 saturated heterocycles. The van der Waals surface area contributed by atoms with Gasteiger partial charge in [0, 0.05) is 17.4 Å². The van der Waals surface area contributed by atoms with Gasteiger partial charge in [0.15, 0.2) is 0 Å². The summed E-state index contributed by atoms with van der Waals surface area (Å²) in [7, 11) is 1.82. The van der Waals surface area contributed by atoms with Crippen molar-refractivity contribution in [3.8, 4) is 0 Å². The first kappa shape index (κ1) is 13.5. The van der Waals surface area contributed by atoms with Crippen molar-refractivity contribution in [1.29, 1.82) is 0 Å². The Balaban J connectivity index is 2.69. The molecule has 0 aliphatic carbocycles. The van der Waals surface area contributed by atoms with Crippen LogP contribution in [-0.4, -0.2) is 24.6 Å². The van der Waals surface area contributed by atoms with Crippen LogP contribution in [0.2, 0.25) is 0 Å². The molecule has 16 heavy (non-hydrogen) atoms. The van der Waals surface area contributed by atoms with Crippen molar-refractivity contribution in [3.05, 3.63) is 35.4 Å². The zero-order valence-electron chi connectivity index (χ0n) is 9.59. The molecule has 0 radical (unpaired) electrons. The smallest absolute Gasteiger partial charge is 0.129 e. The van der Waals surface area contributed by atoms with E-state index >= 15 is 0 Å². The Kier molecular flexibility index (Phi) is 5.77. The van der Waals surface area contributed by atoms with Crippen LogP contribution in [0, 0.1) is 11.6 Å². The second-order valence-corrected chi connectivity index (χ2v) is 4.87. The Labute approximate surface area is 99.6 Å². The van der Waals surface area contributed by atoms with Crippen LogP contribution in [0.5, 0.6) is 0 Å². The molecular formula is C12H17F2NS. The molecule has 0 spiro atoms. The highest BCUT2D eigenvalue weighted by atomic mass is 32.2. The van der Waals surface area contributed by atoms with E-state index < -0.39 is 11.6 Å². The zero-order chi connectivity index (χ0) is 12.0. The lowest BCUT2D eigenvalue weighted by molar-refractivity contribution is 0.524. The van der Waals surface area contributed by atoms with Crippen LogP contribution in [0.15, 0.2) is 18.2 Å². The normalized spacial score (nSPS) is 12.8. The molecule has 4 heteroatoms. The van der Waals surface area contributed by atoms with Gasteiger partial charge >= 0.3 is 0 Å². The standard InChI is InChI=1S/C12H17F2NS/c1-3-16-8-9(15-2)7-10-11(13)5-4-6-12(10)14/h4-6,9,15H,3,7-8H2,1-2H3. The molecule has 0 heterocycles. The first-order valence-electron chi connectivity index (χ1n) is 5.37. The second kappa shape index (κ2) is 6.86. The molecule has 1 aromatic rings. The summed E-state index contributed by atoms with van der Waals surface area (Å²) in [5.74, 6) is 0.960. The van der Waals surface area contributed by atoms with Crippen LogP contribution in [-0.2, 0) is 6.42 Å². The maximum absolute atomic E-state index is 13.4. The van der Waals surface area contributed by atoms with Gasteiger partial charge in [0.25, 0.3) is 0 Å². The number of rotatable bonds is 6. The van der Waals surface area contributed by atoms with Crippen molar-refractivity contribution < 1.29 is 8.78 Å². The number of halogens is 2. The molecular weight excluding hydrogens is 228 g/mol. The summed E-state index contributed by atoms with van der Waals surface area (Å²) in [4.78, 5) is 0. The molecule has 90 valence electrons. The molecule has 0 aliphatic heterocycles. The van der Waals surface area contributed by atoms with Crippen LogP contribution in [0.3, 0.4) is 0 Å². The van der Waals surface area contributed by atoms with Gasteiger partial charge in [-0.3, -0.25) is 0 Å². The van der Waals surface area contributed by atoms with Crippen LogP contribution in [0.1, 0.15) is 12.5 Å². The van der Waals surface area contributed by atoms with Crippen LogP contribution >= 0.6 is 11.8 Å². The first-order valence-corrected chi connectivity index (χ1v) is 6.52. The third kappa shape index (κ3) is 3.76. The molecule has 1 N–H and O–H groups in total. The van der Waals surface area contributed by atoms with E-state index in [9.17, 15) is 8.78 Å². The molecule has 0 amide bonds. The van der Waals surface area contributed by atoms with Crippen LogP contribution in [0.25, 0.3) is 0 Å². The number of thioether (sulfide) groups is 1. The summed E-state index contributed by atoms with van der Waals surface area (Å²) in [5.41, 5.74) is 0.179. The second-order valence-electron chi connectivity index (χ2n) is 3.55.